The maximum Gasteiger partial charge on any atom is 0.244 e. The van der Waals surface area contributed by atoms with Gasteiger partial charge in [0.25, 0.3) is 0 Å². The molecule has 0 saturated carbocycles. The average Bonchev–Trinajstić information content (AvgIpc) is 2.92. The summed E-state index contributed by atoms with van der Waals surface area (Å²) < 4.78 is 32.7. The highest BCUT2D eigenvalue weighted by atomic mass is 79.9. The van der Waals surface area contributed by atoms with Gasteiger partial charge >= 0.3 is 0 Å². The normalized spacial score (nSPS) is 13.2. The van der Waals surface area contributed by atoms with Crippen LogP contribution in [0.1, 0.15) is 18.5 Å². The Hall–Kier alpha value is -1.38. The largest absolute Gasteiger partial charge is 0.496 e. The number of hydrogen-bond acceptors (Lipinski definition) is 4. The molecule has 2 rings (SSSR count). The maximum absolute atomic E-state index is 12.1. The first-order valence-corrected chi connectivity index (χ1v) is 8.06. The predicted octanol–water partition coefficient (Wildman–Crippen LogP) is 2.22. The number of ether oxygens (including phenoxy) is 1. The Morgan fingerprint density at radius 2 is 2.20 bits per heavy atom. The molecule has 6 nitrogen and oxygen atoms in total. The number of rotatable bonds is 5. The molecule has 1 atom stereocenters. The van der Waals surface area contributed by atoms with E-state index in [1.54, 1.807) is 20.1 Å². The summed E-state index contributed by atoms with van der Waals surface area (Å²) in [5, 5.41) is 6.12. The first kappa shape index (κ1) is 15.0. The number of benzene rings is 1. The third-order valence-corrected chi connectivity index (χ3v) is 4.92. The van der Waals surface area contributed by atoms with E-state index in [2.05, 4.69) is 30.8 Å². The van der Waals surface area contributed by atoms with E-state index in [0.717, 1.165) is 10.0 Å². The van der Waals surface area contributed by atoms with Crippen molar-refractivity contribution in [3.8, 4) is 5.75 Å². The third-order valence-electron chi connectivity index (χ3n) is 2.79. The van der Waals surface area contributed by atoms with Crippen molar-refractivity contribution in [2.24, 2.45) is 0 Å². The molecule has 8 heteroatoms. The summed E-state index contributed by atoms with van der Waals surface area (Å²) >= 11 is 3.38. The number of hydrogen-bond donors (Lipinski definition) is 2. The van der Waals surface area contributed by atoms with Gasteiger partial charge in [-0.3, -0.25) is 5.10 Å². The summed E-state index contributed by atoms with van der Waals surface area (Å²) in [6, 6.07) is 5.03. The topological polar surface area (TPSA) is 84.1 Å². The smallest absolute Gasteiger partial charge is 0.244 e. The van der Waals surface area contributed by atoms with Crippen LogP contribution in [0.4, 0.5) is 0 Å². The molecule has 2 aromatic rings. The second-order valence-electron chi connectivity index (χ2n) is 4.17. The highest BCUT2D eigenvalue weighted by Gasteiger charge is 2.19. The minimum Gasteiger partial charge on any atom is -0.496 e. The number of sulfonamides is 1. The fourth-order valence-corrected chi connectivity index (χ4v) is 3.40. The van der Waals surface area contributed by atoms with Gasteiger partial charge in [0.15, 0.2) is 0 Å². The van der Waals surface area contributed by atoms with Gasteiger partial charge in [0.05, 0.1) is 17.8 Å². The number of aromatic nitrogens is 2. The van der Waals surface area contributed by atoms with E-state index in [9.17, 15) is 8.42 Å². The van der Waals surface area contributed by atoms with Crippen molar-refractivity contribution in [1.29, 1.82) is 0 Å². The van der Waals surface area contributed by atoms with Crippen LogP contribution in [0.3, 0.4) is 0 Å². The Balaban J connectivity index is 2.20. The zero-order valence-corrected chi connectivity index (χ0v) is 13.3. The van der Waals surface area contributed by atoms with Crippen LogP contribution < -0.4 is 9.46 Å². The molecule has 1 aromatic heterocycles. The standard InChI is InChI=1S/C12H14BrN3O3S/c1-8(9-3-4-12(19-2)11(13)5-9)16-20(17,18)10-6-14-15-7-10/h3-8,16H,1-2H3,(H,14,15). The van der Waals surface area contributed by atoms with E-state index in [-0.39, 0.29) is 10.9 Å². The minimum atomic E-state index is -3.58. The molecule has 108 valence electrons. The predicted molar refractivity (Wildman–Crippen MR) is 78.0 cm³/mol. The van der Waals surface area contributed by atoms with Gasteiger partial charge in [0.2, 0.25) is 10.0 Å². The van der Waals surface area contributed by atoms with E-state index in [4.69, 9.17) is 4.74 Å². The van der Waals surface area contributed by atoms with Crippen LogP contribution >= 0.6 is 15.9 Å². The maximum atomic E-state index is 12.1. The Morgan fingerprint density at radius 1 is 1.45 bits per heavy atom. The zero-order valence-electron chi connectivity index (χ0n) is 10.9. The first-order valence-electron chi connectivity index (χ1n) is 5.78. The fourth-order valence-electron chi connectivity index (χ4n) is 1.71. The fraction of sp³-hybridized carbons (Fsp3) is 0.250. The van der Waals surface area contributed by atoms with E-state index >= 15 is 0 Å². The Bertz CT molecular complexity index is 686. The lowest BCUT2D eigenvalue weighted by molar-refractivity contribution is 0.412. The molecule has 20 heavy (non-hydrogen) atoms. The van der Waals surface area contributed by atoms with Crippen LogP contribution in [-0.4, -0.2) is 25.7 Å². The van der Waals surface area contributed by atoms with Crippen molar-refractivity contribution in [2.45, 2.75) is 17.9 Å². The van der Waals surface area contributed by atoms with Crippen molar-refractivity contribution >= 4 is 26.0 Å². The lowest BCUT2D eigenvalue weighted by Gasteiger charge is -2.15. The molecule has 1 aromatic carbocycles. The van der Waals surface area contributed by atoms with Crippen molar-refractivity contribution < 1.29 is 13.2 Å². The van der Waals surface area contributed by atoms with Gasteiger partial charge in [-0.25, -0.2) is 13.1 Å². The van der Waals surface area contributed by atoms with Crippen molar-refractivity contribution in [1.82, 2.24) is 14.9 Å². The molecular formula is C12H14BrN3O3S. The summed E-state index contributed by atoms with van der Waals surface area (Å²) in [6.07, 6.45) is 2.60. The second-order valence-corrected chi connectivity index (χ2v) is 6.74. The van der Waals surface area contributed by atoms with Gasteiger partial charge in [-0.15, -0.1) is 0 Å². The first-order chi connectivity index (χ1) is 9.44. The highest BCUT2D eigenvalue weighted by Crippen LogP contribution is 2.28. The second kappa shape index (κ2) is 5.94. The summed E-state index contributed by atoms with van der Waals surface area (Å²) in [5.41, 5.74) is 0.824. The van der Waals surface area contributed by atoms with Crippen LogP contribution in [-0.2, 0) is 10.0 Å². The van der Waals surface area contributed by atoms with Crippen LogP contribution in [0, 0.1) is 0 Å². The van der Waals surface area contributed by atoms with E-state index in [0.29, 0.717) is 5.75 Å². The van der Waals surface area contributed by atoms with Crippen LogP contribution in [0.25, 0.3) is 0 Å². The summed E-state index contributed by atoms with van der Waals surface area (Å²) in [6.45, 7) is 1.77. The van der Waals surface area contributed by atoms with E-state index in [1.165, 1.54) is 12.4 Å². The number of nitrogens with one attached hydrogen (secondary N) is 2. The summed E-state index contributed by atoms with van der Waals surface area (Å²) in [5.74, 6) is 0.693. The molecule has 0 aliphatic rings. The lowest BCUT2D eigenvalue weighted by atomic mass is 10.1. The van der Waals surface area contributed by atoms with Gasteiger partial charge in [0, 0.05) is 12.2 Å². The van der Waals surface area contributed by atoms with Gasteiger partial charge in [-0.05, 0) is 40.5 Å². The SMILES string of the molecule is COc1ccc(C(C)NS(=O)(=O)c2cn[nH]c2)cc1Br. The number of methoxy groups -OCH3 is 1. The molecule has 0 fully saturated rings. The molecule has 0 spiro atoms. The number of aromatic amines is 1. The van der Waals surface area contributed by atoms with Crippen molar-refractivity contribution in [3.05, 3.63) is 40.6 Å². The molecule has 0 bridgehead atoms. The molecule has 0 aliphatic heterocycles. The quantitative estimate of drug-likeness (QED) is 0.857. The van der Waals surface area contributed by atoms with Crippen molar-refractivity contribution in [3.63, 3.8) is 0 Å². The monoisotopic (exact) mass is 359 g/mol. The van der Waals surface area contributed by atoms with Crippen LogP contribution in [0.2, 0.25) is 0 Å². The Labute approximate surface area is 125 Å². The molecule has 1 heterocycles. The number of H-pyrrole nitrogens is 1. The van der Waals surface area contributed by atoms with Gasteiger partial charge in [0.1, 0.15) is 10.6 Å². The van der Waals surface area contributed by atoms with Gasteiger partial charge < -0.3 is 4.74 Å². The zero-order chi connectivity index (χ0) is 14.8. The van der Waals surface area contributed by atoms with Crippen LogP contribution in [0.5, 0.6) is 5.75 Å². The molecule has 1 unspecified atom stereocenters. The number of halogens is 1. The molecule has 2 N–H and O–H groups in total. The highest BCUT2D eigenvalue weighted by molar-refractivity contribution is 9.10. The number of nitrogens with zero attached hydrogens (tertiary/aromatic N) is 1. The molecular weight excluding hydrogens is 346 g/mol. The summed E-state index contributed by atoms with van der Waals surface area (Å²) in [7, 11) is -2.01. The molecule has 0 aliphatic carbocycles. The third kappa shape index (κ3) is 3.20. The van der Waals surface area contributed by atoms with Gasteiger partial charge in [-0.1, -0.05) is 6.07 Å². The van der Waals surface area contributed by atoms with Gasteiger partial charge in [-0.2, -0.15) is 5.10 Å². The minimum absolute atomic E-state index is 0.108. The Kier molecular flexibility index (Phi) is 4.46. The molecule has 0 radical (unpaired) electrons. The summed E-state index contributed by atoms with van der Waals surface area (Å²) in [4.78, 5) is 0.108. The molecule has 0 saturated heterocycles. The van der Waals surface area contributed by atoms with Crippen molar-refractivity contribution in [2.75, 3.05) is 7.11 Å². The van der Waals surface area contributed by atoms with Crippen LogP contribution in [0.15, 0.2) is 40.0 Å². The lowest BCUT2D eigenvalue weighted by Crippen LogP contribution is -2.26. The van der Waals surface area contributed by atoms with E-state index in [1.807, 2.05) is 12.1 Å². The Morgan fingerprint density at radius 3 is 2.75 bits per heavy atom. The average molecular weight is 360 g/mol. The molecule has 0 amide bonds. The van der Waals surface area contributed by atoms with E-state index < -0.39 is 10.0 Å².